The molecule has 0 atom stereocenters. The molecule has 15 heavy (non-hydrogen) atoms. The molecule has 0 radical (unpaired) electrons. The lowest BCUT2D eigenvalue weighted by Gasteiger charge is -2.00. The lowest BCUT2D eigenvalue weighted by atomic mass is 10.2. The fraction of sp³-hybridized carbons (Fsp3) is 0.273. The van der Waals surface area contributed by atoms with E-state index >= 15 is 0 Å². The van der Waals surface area contributed by atoms with Crippen molar-refractivity contribution in [1.29, 1.82) is 0 Å². The number of amides is 1. The largest absolute Gasteiger partial charge is 0.355 e. The summed E-state index contributed by atoms with van der Waals surface area (Å²) in [4.78, 5) is 15.3. The van der Waals surface area contributed by atoms with Gasteiger partial charge < -0.3 is 5.32 Å². The van der Waals surface area contributed by atoms with Crippen molar-refractivity contribution >= 4 is 17.5 Å². The molecule has 0 aliphatic carbocycles. The van der Waals surface area contributed by atoms with Crippen LogP contribution in [-0.2, 0) is 11.2 Å². The number of pyridine rings is 1. The molecule has 4 heteroatoms. The van der Waals surface area contributed by atoms with Crippen LogP contribution in [0.4, 0.5) is 0 Å². The number of allylic oxidation sites excluding steroid dienone is 1. The van der Waals surface area contributed by atoms with E-state index < -0.39 is 0 Å². The van der Waals surface area contributed by atoms with Gasteiger partial charge in [0.2, 0.25) is 5.91 Å². The second-order valence-corrected chi connectivity index (χ2v) is 3.51. The molecule has 0 bridgehead atoms. The van der Waals surface area contributed by atoms with Gasteiger partial charge in [0, 0.05) is 24.7 Å². The molecule has 0 aliphatic rings. The van der Waals surface area contributed by atoms with E-state index in [4.69, 9.17) is 11.6 Å². The highest BCUT2D eigenvalue weighted by molar-refractivity contribution is 6.29. The Morgan fingerprint density at radius 3 is 2.93 bits per heavy atom. The molecule has 1 aromatic heterocycles. The van der Waals surface area contributed by atoms with Crippen molar-refractivity contribution in [2.45, 2.75) is 13.3 Å². The van der Waals surface area contributed by atoms with Crippen LogP contribution in [0.1, 0.15) is 12.6 Å². The Balaban J connectivity index is 2.67. The van der Waals surface area contributed by atoms with Crippen molar-refractivity contribution in [2.75, 3.05) is 7.05 Å². The van der Waals surface area contributed by atoms with Crippen LogP contribution < -0.4 is 5.32 Å². The minimum atomic E-state index is -0.0722. The molecule has 1 amide bonds. The van der Waals surface area contributed by atoms with Crippen molar-refractivity contribution in [2.24, 2.45) is 0 Å². The van der Waals surface area contributed by atoms with Crippen molar-refractivity contribution < 1.29 is 4.79 Å². The zero-order chi connectivity index (χ0) is 11.3. The number of nitrogens with zero attached hydrogens (tertiary/aromatic N) is 1. The summed E-state index contributed by atoms with van der Waals surface area (Å²) in [5.74, 6) is -0.0722. The average Bonchev–Trinajstić information content (AvgIpc) is 2.25. The predicted octanol–water partition coefficient (Wildman–Crippen LogP) is 1.97. The number of nitrogens with one attached hydrogen (secondary N) is 1. The van der Waals surface area contributed by atoms with Gasteiger partial charge in [-0.25, -0.2) is 4.98 Å². The summed E-state index contributed by atoms with van der Waals surface area (Å²) in [5, 5.41) is 3.03. The summed E-state index contributed by atoms with van der Waals surface area (Å²) < 4.78 is 0. The molecular weight excluding hydrogens is 212 g/mol. The van der Waals surface area contributed by atoms with Gasteiger partial charge in [0.1, 0.15) is 5.15 Å². The quantitative estimate of drug-likeness (QED) is 0.630. The minimum absolute atomic E-state index is 0.0722. The zero-order valence-corrected chi connectivity index (χ0v) is 9.51. The minimum Gasteiger partial charge on any atom is -0.355 e. The van der Waals surface area contributed by atoms with Crippen LogP contribution in [0.2, 0.25) is 5.15 Å². The Morgan fingerprint density at radius 2 is 2.33 bits per heavy atom. The van der Waals surface area contributed by atoms with Gasteiger partial charge in [-0.15, -0.1) is 0 Å². The first kappa shape index (κ1) is 11.7. The van der Waals surface area contributed by atoms with E-state index in [0.29, 0.717) is 17.1 Å². The maximum Gasteiger partial charge on any atom is 0.246 e. The second-order valence-electron chi connectivity index (χ2n) is 3.12. The Hall–Kier alpha value is -1.35. The van der Waals surface area contributed by atoms with Crippen LogP contribution in [-0.4, -0.2) is 17.9 Å². The molecule has 0 saturated heterocycles. The maximum atomic E-state index is 11.2. The Kier molecular flexibility index (Phi) is 4.31. The normalized spacial score (nSPS) is 11.3. The third-order valence-corrected chi connectivity index (χ3v) is 2.19. The number of rotatable bonds is 3. The number of hydrogen-bond acceptors (Lipinski definition) is 2. The lowest BCUT2D eigenvalue weighted by Crippen LogP contribution is -2.18. The molecule has 0 saturated carbocycles. The Labute approximate surface area is 94.2 Å². The second kappa shape index (κ2) is 5.51. The highest BCUT2D eigenvalue weighted by Gasteiger charge is 2.00. The van der Waals surface area contributed by atoms with Crippen molar-refractivity contribution in [3.05, 3.63) is 40.7 Å². The molecular formula is C11H13ClN2O. The molecule has 1 aromatic rings. The van der Waals surface area contributed by atoms with Crippen LogP contribution in [0, 0.1) is 0 Å². The highest BCUT2D eigenvalue weighted by Crippen LogP contribution is 2.06. The summed E-state index contributed by atoms with van der Waals surface area (Å²) in [6.45, 7) is 1.77. The van der Waals surface area contributed by atoms with Crippen LogP contribution in [0.5, 0.6) is 0 Å². The monoisotopic (exact) mass is 224 g/mol. The zero-order valence-electron chi connectivity index (χ0n) is 8.75. The van der Waals surface area contributed by atoms with E-state index in [1.54, 1.807) is 20.0 Å². The van der Waals surface area contributed by atoms with Gasteiger partial charge in [0.25, 0.3) is 0 Å². The van der Waals surface area contributed by atoms with Gasteiger partial charge in [-0.1, -0.05) is 23.7 Å². The molecule has 80 valence electrons. The number of halogens is 1. The van der Waals surface area contributed by atoms with Gasteiger partial charge in [-0.3, -0.25) is 4.79 Å². The first-order valence-electron chi connectivity index (χ1n) is 4.63. The van der Waals surface area contributed by atoms with Gasteiger partial charge in [-0.2, -0.15) is 0 Å². The molecule has 0 aliphatic heterocycles. The van der Waals surface area contributed by atoms with E-state index in [-0.39, 0.29) is 5.91 Å². The number of hydrogen-bond donors (Lipinski definition) is 1. The third-order valence-electron chi connectivity index (χ3n) is 1.98. The van der Waals surface area contributed by atoms with Gasteiger partial charge >= 0.3 is 0 Å². The standard InChI is InChI=1S/C11H13ClN2O/c1-8(11(15)13-2)6-7-9-4-3-5-10(12)14-9/h3-6H,7H2,1-2H3,(H,13,15)/b8-6+. The molecule has 0 unspecified atom stereocenters. The highest BCUT2D eigenvalue weighted by atomic mass is 35.5. The fourth-order valence-electron chi connectivity index (χ4n) is 1.11. The van der Waals surface area contributed by atoms with Crippen molar-refractivity contribution in [3.8, 4) is 0 Å². The molecule has 1 rings (SSSR count). The predicted molar refractivity (Wildman–Crippen MR) is 60.8 cm³/mol. The Bertz CT molecular complexity index is 388. The van der Waals surface area contributed by atoms with E-state index in [1.807, 2.05) is 18.2 Å². The average molecular weight is 225 g/mol. The molecule has 1 N–H and O–H groups in total. The number of carbonyl (C=O) groups is 1. The summed E-state index contributed by atoms with van der Waals surface area (Å²) in [5.41, 5.74) is 1.53. The van der Waals surface area contributed by atoms with Crippen molar-refractivity contribution in [3.63, 3.8) is 0 Å². The molecule has 0 aromatic carbocycles. The first-order chi connectivity index (χ1) is 7.13. The number of aromatic nitrogens is 1. The molecule has 0 spiro atoms. The van der Waals surface area contributed by atoms with E-state index in [0.717, 1.165) is 5.69 Å². The summed E-state index contributed by atoms with van der Waals surface area (Å²) in [6.07, 6.45) is 2.44. The van der Waals surface area contributed by atoms with Gasteiger partial charge in [0.05, 0.1) is 0 Å². The van der Waals surface area contributed by atoms with Crippen LogP contribution in [0.15, 0.2) is 29.8 Å². The van der Waals surface area contributed by atoms with E-state index in [2.05, 4.69) is 10.3 Å². The van der Waals surface area contributed by atoms with E-state index in [9.17, 15) is 4.79 Å². The Morgan fingerprint density at radius 1 is 1.60 bits per heavy atom. The summed E-state index contributed by atoms with van der Waals surface area (Å²) in [6, 6.07) is 5.44. The molecule has 0 fully saturated rings. The molecule has 1 heterocycles. The topological polar surface area (TPSA) is 42.0 Å². The lowest BCUT2D eigenvalue weighted by molar-refractivity contribution is -0.117. The summed E-state index contributed by atoms with van der Waals surface area (Å²) in [7, 11) is 1.61. The molecule has 3 nitrogen and oxygen atoms in total. The smallest absolute Gasteiger partial charge is 0.246 e. The van der Waals surface area contributed by atoms with Crippen LogP contribution in [0.25, 0.3) is 0 Å². The first-order valence-corrected chi connectivity index (χ1v) is 5.01. The van der Waals surface area contributed by atoms with Gasteiger partial charge in [0.15, 0.2) is 0 Å². The van der Waals surface area contributed by atoms with Crippen molar-refractivity contribution in [1.82, 2.24) is 10.3 Å². The van der Waals surface area contributed by atoms with Crippen LogP contribution >= 0.6 is 11.6 Å². The number of carbonyl (C=O) groups excluding carboxylic acids is 1. The number of likely N-dealkylation sites (N-methyl/N-ethyl adjacent to an activating group) is 1. The van der Waals surface area contributed by atoms with Gasteiger partial charge in [-0.05, 0) is 19.1 Å². The van der Waals surface area contributed by atoms with Crippen LogP contribution in [0.3, 0.4) is 0 Å². The SMILES string of the molecule is CNC(=O)/C(C)=C/Cc1cccc(Cl)n1. The third kappa shape index (κ3) is 3.72. The maximum absolute atomic E-state index is 11.2. The fourth-order valence-corrected chi connectivity index (χ4v) is 1.29. The van der Waals surface area contributed by atoms with E-state index in [1.165, 1.54) is 0 Å². The summed E-state index contributed by atoms with van der Waals surface area (Å²) >= 11 is 5.74.